The minimum atomic E-state index is -0.317. The molecule has 2 aromatic rings. The van der Waals surface area contributed by atoms with Crippen molar-refractivity contribution in [1.82, 2.24) is 4.90 Å². The highest BCUT2D eigenvalue weighted by Gasteiger charge is 2.28. The largest absolute Gasteiger partial charge is 0.451 e. The maximum absolute atomic E-state index is 12.5. The number of nitrogens with zero attached hydrogens (tertiary/aromatic N) is 1. The second-order valence-electron chi connectivity index (χ2n) is 5.30. The standard InChI is InChI=1S/C17H15NO3/c1-2-9-18(11-12-7-8-12)17(20)16-10-14(19)13-5-3-4-6-15(13)21-16/h1,3-6,10,12H,7-9,11H2. The fourth-order valence-electron chi connectivity index (χ4n) is 2.31. The lowest BCUT2D eigenvalue weighted by Crippen LogP contribution is -2.33. The number of carbonyl (C=O) groups excluding carboxylic acids is 1. The fourth-order valence-corrected chi connectivity index (χ4v) is 2.31. The third kappa shape index (κ3) is 2.82. The van der Waals surface area contributed by atoms with Gasteiger partial charge < -0.3 is 9.32 Å². The molecule has 0 N–H and O–H groups in total. The molecule has 1 fully saturated rings. The number of carbonyl (C=O) groups is 1. The molecule has 21 heavy (non-hydrogen) atoms. The second kappa shape index (κ2) is 5.45. The van der Waals surface area contributed by atoms with Gasteiger partial charge in [-0.15, -0.1) is 6.42 Å². The summed E-state index contributed by atoms with van der Waals surface area (Å²) in [6.45, 7) is 0.853. The van der Waals surface area contributed by atoms with Crippen molar-refractivity contribution in [2.75, 3.05) is 13.1 Å². The van der Waals surface area contributed by atoms with Gasteiger partial charge in [0.15, 0.2) is 11.2 Å². The Kier molecular flexibility index (Phi) is 3.49. The molecule has 1 aliphatic rings. The van der Waals surface area contributed by atoms with E-state index < -0.39 is 0 Å². The van der Waals surface area contributed by atoms with Crippen molar-refractivity contribution < 1.29 is 9.21 Å². The van der Waals surface area contributed by atoms with E-state index in [4.69, 9.17) is 10.8 Å². The maximum atomic E-state index is 12.5. The van der Waals surface area contributed by atoms with Crippen LogP contribution in [0, 0.1) is 18.3 Å². The smallest absolute Gasteiger partial charge is 0.290 e. The van der Waals surface area contributed by atoms with E-state index in [1.165, 1.54) is 6.07 Å². The Labute approximate surface area is 122 Å². The molecule has 0 unspecified atom stereocenters. The molecule has 1 aliphatic carbocycles. The second-order valence-corrected chi connectivity index (χ2v) is 5.30. The average molecular weight is 281 g/mol. The van der Waals surface area contributed by atoms with Gasteiger partial charge in [-0.25, -0.2) is 0 Å². The van der Waals surface area contributed by atoms with E-state index in [1.807, 2.05) is 0 Å². The molecule has 106 valence electrons. The molecule has 0 saturated heterocycles. The molecule has 4 heteroatoms. The highest BCUT2D eigenvalue weighted by Crippen LogP contribution is 2.30. The van der Waals surface area contributed by atoms with Gasteiger partial charge in [-0.05, 0) is 30.9 Å². The van der Waals surface area contributed by atoms with Gasteiger partial charge in [-0.3, -0.25) is 9.59 Å². The lowest BCUT2D eigenvalue weighted by atomic mass is 10.2. The Balaban J connectivity index is 1.96. The van der Waals surface area contributed by atoms with Crippen molar-refractivity contribution in [3.05, 3.63) is 46.3 Å². The third-order valence-corrected chi connectivity index (χ3v) is 3.59. The Bertz CT molecular complexity index is 780. The van der Waals surface area contributed by atoms with Crippen LogP contribution < -0.4 is 5.43 Å². The molecule has 4 nitrogen and oxygen atoms in total. The summed E-state index contributed by atoms with van der Waals surface area (Å²) in [5.74, 6) is 2.74. The molecule has 0 spiro atoms. The SMILES string of the molecule is C#CCN(CC1CC1)C(=O)c1cc(=O)c2ccccc2o1. The van der Waals surface area contributed by atoms with Gasteiger partial charge in [0.25, 0.3) is 5.91 Å². The number of hydrogen-bond donors (Lipinski definition) is 0. The van der Waals surface area contributed by atoms with E-state index in [0.29, 0.717) is 23.4 Å². The van der Waals surface area contributed by atoms with Crippen LogP contribution in [0.15, 0.2) is 39.5 Å². The van der Waals surface area contributed by atoms with E-state index in [-0.39, 0.29) is 23.6 Å². The number of para-hydroxylation sites is 1. The van der Waals surface area contributed by atoms with Crippen molar-refractivity contribution in [1.29, 1.82) is 0 Å². The van der Waals surface area contributed by atoms with Gasteiger partial charge in [0, 0.05) is 12.6 Å². The zero-order valence-corrected chi connectivity index (χ0v) is 11.5. The van der Waals surface area contributed by atoms with Gasteiger partial charge in [-0.2, -0.15) is 0 Å². The molecule has 1 amide bonds. The quantitative estimate of drug-likeness (QED) is 0.808. The highest BCUT2D eigenvalue weighted by molar-refractivity contribution is 5.93. The third-order valence-electron chi connectivity index (χ3n) is 3.59. The van der Waals surface area contributed by atoms with Gasteiger partial charge in [0.2, 0.25) is 0 Å². The molecular formula is C17H15NO3. The van der Waals surface area contributed by atoms with Crippen molar-refractivity contribution in [3.8, 4) is 12.3 Å². The summed E-state index contributed by atoms with van der Waals surface area (Å²) >= 11 is 0. The molecule has 0 atom stereocenters. The molecule has 3 rings (SSSR count). The number of terminal acetylenes is 1. The maximum Gasteiger partial charge on any atom is 0.290 e. The van der Waals surface area contributed by atoms with Crippen LogP contribution in [0.25, 0.3) is 11.0 Å². The molecule has 1 heterocycles. The minimum absolute atomic E-state index is 0.0506. The van der Waals surface area contributed by atoms with E-state index in [1.54, 1.807) is 29.2 Å². The van der Waals surface area contributed by atoms with Crippen LogP contribution in [0.2, 0.25) is 0 Å². The van der Waals surface area contributed by atoms with Crippen LogP contribution in [0.1, 0.15) is 23.4 Å². The van der Waals surface area contributed by atoms with Crippen LogP contribution in [-0.2, 0) is 0 Å². The summed E-state index contributed by atoms with van der Waals surface area (Å²) in [5, 5.41) is 0.472. The first-order valence-corrected chi connectivity index (χ1v) is 6.94. The summed E-state index contributed by atoms with van der Waals surface area (Å²) in [4.78, 5) is 26.1. The van der Waals surface area contributed by atoms with E-state index in [0.717, 1.165) is 12.8 Å². The average Bonchev–Trinajstić information content (AvgIpc) is 3.30. The van der Waals surface area contributed by atoms with Crippen LogP contribution >= 0.6 is 0 Å². The fraction of sp³-hybridized carbons (Fsp3) is 0.294. The number of fused-ring (bicyclic) bond motifs is 1. The first kappa shape index (κ1) is 13.4. The summed E-state index contributed by atoms with van der Waals surface area (Å²) in [5.41, 5.74) is 0.202. The van der Waals surface area contributed by atoms with E-state index in [9.17, 15) is 9.59 Å². The van der Waals surface area contributed by atoms with Crippen molar-refractivity contribution >= 4 is 16.9 Å². The van der Waals surface area contributed by atoms with Gasteiger partial charge in [0.1, 0.15) is 5.58 Å². The van der Waals surface area contributed by atoms with Crippen molar-refractivity contribution in [2.24, 2.45) is 5.92 Å². The predicted molar refractivity (Wildman–Crippen MR) is 79.9 cm³/mol. The summed E-state index contributed by atoms with van der Waals surface area (Å²) < 4.78 is 5.57. The van der Waals surface area contributed by atoms with Crippen molar-refractivity contribution in [2.45, 2.75) is 12.8 Å². The summed E-state index contributed by atoms with van der Waals surface area (Å²) in [6.07, 6.45) is 7.57. The van der Waals surface area contributed by atoms with Gasteiger partial charge >= 0.3 is 0 Å². The van der Waals surface area contributed by atoms with Crippen LogP contribution in [-0.4, -0.2) is 23.9 Å². The summed E-state index contributed by atoms with van der Waals surface area (Å²) in [7, 11) is 0. The van der Waals surface area contributed by atoms with E-state index in [2.05, 4.69) is 5.92 Å². The number of benzene rings is 1. The molecule has 1 saturated carbocycles. The summed E-state index contributed by atoms with van der Waals surface area (Å²) in [6, 6.07) is 8.14. The molecule has 1 aromatic heterocycles. The van der Waals surface area contributed by atoms with Crippen LogP contribution in [0.3, 0.4) is 0 Å². The zero-order chi connectivity index (χ0) is 14.8. The molecule has 0 bridgehead atoms. The lowest BCUT2D eigenvalue weighted by molar-refractivity contribution is 0.0738. The lowest BCUT2D eigenvalue weighted by Gasteiger charge is -2.19. The molecule has 0 radical (unpaired) electrons. The monoisotopic (exact) mass is 281 g/mol. The Morgan fingerprint density at radius 2 is 2.14 bits per heavy atom. The topological polar surface area (TPSA) is 50.5 Å². The van der Waals surface area contributed by atoms with Crippen LogP contribution in [0.5, 0.6) is 0 Å². The first-order valence-electron chi connectivity index (χ1n) is 6.94. The Hall–Kier alpha value is -2.54. The van der Waals surface area contributed by atoms with Crippen LogP contribution in [0.4, 0.5) is 0 Å². The number of rotatable bonds is 4. The number of hydrogen-bond acceptors (Lipinski definition) is 3. The highest BCUT2D eigenvalue weighted by atomic mass is 16.3. The molecule has 0 aliphatic heterocycles. The van der Waals surface area contributed by atoms with E-state index >= 15 is 0 Å². The predicted octanol–water partition coefficient (Wildman–Crippen LogP) is 2.28. The Morgan fingerprint density at radius 1 is 1.38 bits per heavy atom. The van der Waals surface area contributed by atoms with Gasteiger partial charge in [-0.1, -0.05) is 18.1 Å². The van der Waals surface area contributed by atoms with Gasteiger partial charge in [0.05, 0.1) is 11.9 Å². The number of amides is 1. The molecule has 1 aromatic carbocycles. The first-order chi connectivity index (χ1) is 10.2. The minimum Gasteiger partial charge on any atom is -0.451 e. The normalized spacial score (nSPS) is 13.9. The molecular weight excluding hydrogens is 266 g/mol. The zero-order valence-electron chi connectivity index (χ0n) is 11.5. The Morgan fingerprint density at radius 3 is 2.86 bits per heavy atom. The van der Waals surface area contributed by atoms with Crippen molar-refractivity contribution in [3.63, 3.8) is 0 Å².